The Bertz CT molecular complexity index is 1390. The van der Waals surface area contributed by atoms with Gasteiger partial charge in [-0.15, -0.1) is 0 Å². The summed E-state index contributed by atoms with van der Waals surface area (Å²) < 4.78 is 15.2. The predicted octanol–water partition coefficient (Wildman–Crippen LogP) is 3.97. The van der Waals surface area contributed by atoms with Crippen LogP contribution in [0.3, 0.4) is 0 Å². The molecule has 5 heterocycles. The van der Waals surface area contributed by atoms with Crippen molar-refractivity contribution in [2.24, 2.45) is 7.05 Å². The van der Waals surface area contributed by atoms with Crippen LogP contribution in [0.4, 0.5) is 16.4 Å². The molecule has 4 aromatic rings. The summed E-state index contributed by atoms with van der Waals surface area (Å²) in [5, 5.41) is 12.1. The lowest BCUT2D eigenvalue weighted by atomic mass is 10.1. The first-order chi connectivity index (χ1) is 17.2. The number of aryl methyl sites for hydroxylation is 2. The summed E-state index contributed by atoms with van der Waals surface area (Å²) >= 11 is 0. The monoisotopic (exact) mass is 490 g/mol. The molecule has 1 saturated heterocycles. The van der Waals surface area contributed by atoms with Gasteiger partial charge in [-0.3, -0.25) is 9.67 Å². The molecule has 1 atom stereocenters. The molecule has 1 aliphatic heterocycles. The highest BCUT2D eigenvalue weighted by atomic mass is 16.6. The van der Waals surface area contributed by atoms with Crippen molar-refractivity contribution in [3.63, 3.8) is 0 Å². The zero-order chi connectivity index (χ0) is 25.4. The Balaban J connectivity index is 1.30. The number of carbonyl (C=O) groups excluding carboxylic acids is 1. The van der Waals surface area contributed by atoms with Crippen molar-refractivity contribution in [3.8, 4) is 17.0 Å². The van der Waals surface area contributed by atoms with Crippen LogP contribution in [0.1, 0.15) is 32.9 Å². The van der Waals surface area contributed by atoms with Gasteiger partial charge in [-0.2, -0.15) is 10.2 Å². The second kappa shape index (κ2) is 9.14. The smallest absolute Gasteiger partial charge is 0.410 e. The van der Waals surface area contributed by atoms with Crippen molar-refractivity contribution < 1.29 is 14.3 Å². The van der Waals surface area contributed by atoms with E-state index in [4.69, 9.17) is 9.47 Å². The summed E-state index contributed by atoms with van der Waals surface area (Å²) in [7, 11) is 1.88. The van der Waals surface area contributed by atoms with Gasteiger partial charge in [0.1, 0.15) is 23.7 Å². The SMILES string of the molecule is Cc1cnc(Nc2cc3cc(-c4c(OC[C@H]5CCN5C(=O)OC(C)(C)C)cnn4C)ccn3n2)cn1. The summed E-state index contributed by atoms with van der Waals surface area (Å²) in [4.78, 5) is 22.7. The van der Waals surface area contributed by atoms with Gasteiger partial charge >= 0.3 is 6.09 Å². The molecule has 1 amide bonds. The third kappa shape index (κ3) is 4.95. The van der Waals surface area contributed by atoms with E-state index in [1.807, 2.05) is 59.1 Å². The van der Waals surface area contributed by atoms with Crippen molar-refractivity contribution in [3.05, 3.63) is 48.7 Å². The molecule has 0 aromatic carbocycles. The second-order valence-corrected chi connectivity index (χ2v) is 9.89. The van der Waals surface area contributed by atoms with Crippen molar-refractivity contribution in [2.75, 3.05) is 18.5 Å². The van der Waals surface area contributed by atoms with E-state index in [0.717, 1.165) is 28.9 Å². The van der Waals surface area contributed by atoms with Crippen LogP contribution in [0.2, 0.25) is 0 Å². The van der Waals surface area contributed by atoms with Crippen LogP contribution in [-0.4, -0.2) is 65.2 Å². The van der Waals surface area contributed by atoms with E-state index in [9.17, 15) is 4.79 Å². The molecule has 1 fully saturated rings. The fourth-order valence-electron chi connectivity index (χ4n) is 4.00. The molecule has 1 aliphatic rings. The lowest BCUT2D eigenvalue weighted by Crippen LogP contribution is -2.55. The predicted molar refractivity (Wildman–Crippen MR) is 134 cm³/mol. The van der Waals surface area contributed by atoms with Gasteiger partial charge in [-0.1, -0.05) is 0 Å². The number of fused-ring (bicyclic) bond motifs is 1. The van der Waals surface area contributed by atoms with Gasteiger partial charge in [-0.05, 0) is 46.2 Å². The van der Waals surface area contributed by atoms with Crippen LogP contribution in [0, 0.1) is 6.92 Å². The number of amides is 1. The van der Waals surface area contributed by atoms with Gasteiger partial charge in [0, 0.05) is 31.4 Å². The fourth-order valence-corrected chi connectivity index (χ4v) is 4.00. The minimum atomic E-state index is -0.524. The zero-order valence-corrected chi connectivity index (χ0v) is 21.1. The van der Waals surface area contributed by atoms with Crippen molar-refractivity contribution >= 4 is 23.2 Å². The van der Waals surface area contributed by atoms with Crippen LogP contribution in [0.25, 0.3) is 16.8 Å². The molecule has 1 N–H and O–H groups in total. The molecule has 11 heteroatoms. The average Bonchev–Trinajstić information content (AvgIpc) is 3.35. The number of anilines is 2. The Morgan fingerprint density at radius 1 is 1.17 bits per heavy atom. The Hall–Kier alpha value is -4.15. The molecule has 0 saturated carbocycles. The lowest BCUT2D eigenvalue weighted by Gasteiger charge is -2.40. The highest BCUT2D eigenvalue weighted by molar-refractivity contribution is 5.73. The van der Waals surface area contributed by atoms with E-state index >= 15 is 0 Å². The number of hydrogen-bond donors (Lipinski definition) is 1. The molecule has 188 valence electrons. The summed E-state index contributed by atoms with van der Waals surface area (Å²) in [6.07, 6.45) is 7.55. The number of nitrogens with zero attached hydrogens (tertiary/aromatic N) is 7. The first-order valence-corrected chi connectivity index (χ1v) is 11.9. The maximum atomic E-state index is 12.4. The third-order valence-corrected chi connectivity index (χ3v) is 5.88. The molecule has 5 rings (SSSR count). The molecule has 0 spiro atoms. The topological polar surface area (TPSA) is 112 Å². The van der Waals surface area contributed by atoms with Gasteiger partial charge in [0.15, 0.2) is 11.6 Å². The Morgan fingerprint density at radius 2 is 2.00 bits per heavy atom. The van der Waals surface area contributed by atoms with E-state index in [2.05, 4.69) is 25.5 Å². The van der Waals surface area contributed by atoms with Crippen LogP contribution >= 0.6 is 0 Å². The highest BCUT2D eigenvalue weighted by Crippen LogP contribution is 2.32. The number of pyridine rings is 1. The summed E-state index contributed by atoms with van der Waals surface area (Å²) in [6.45, 7) is 8.54. The van der Waals surface area contributed by atoms with E-state index in [-0.39, 0.29) is 12.1 Å². The first-order valence-electron chi connectivity index (χ1n) is 11.9. The molecule has 0 unspecified atom stereocenters. The Kier molecular flexibility index (Phi) is 5.99. The summed E-state index contributed by atoms with van der Waals surface area (Å²) in [5.74, 6) is 1.95. The molecule has 36 heavy (non-hydrogen) atoms. The minimum Gasteiger partial charge on any atom is -0.487 e. The van der Waals surface area contributed by atoms with Gasteiger partial charge in [0.2, 0.25) is 0 Å². The molecule has 0 radical (unpaired) electrons. The molecule has 11 nitrogen and oxygen atoms in total. The molecular formula is C25H30N8O3. The number of rotatable bonds is 6. The Labute approximate surface area is 209 Å². The van der Waals surface area contributed by atoms with Crippen LogP contribution in [-0.2, 0) is 11.8 Å². The average molecular weight is 491 g/mol. The van der Waals surface area contributed by atoms with Crippen LogP contribution < -0.4 is 10.1 Å². The van der Waals surface area contributed by atoms with Crippen molar-refractivity contribution in [2.45, 2.75) is 45.8 Å². The number of nitrogens with one attached hydrogen (secondary N) is 1. The van der Waals surface area contributed by atoms with Gasteiger partial charge in [-0.25, -0.2) is 14.3 Å². The van der Waals surface area contributed by atoms with E-state index in [1.165, 1.54) is 0 Å². The van der Waals surface area contributed by atoms with Gasteiger partial charge in [0.05, 0.1) is 35.8 Å². The normalized spacial score (nSPS) is 15.6. The second-order valence-electron chi connectivity index (χ2n) is 9.89. The third-order valence-electron chi connectivity index (χ3n) is 5.88. The van der Waals surface area contributed by atoms with E-state index in [1.54, 1.807) is 32.7 Å². The first kappa shape index (κ1) is 23.6. The van der Waals surface area contributed by atoms with Crippen molar-refractivity contribution in [1.29, 1.82) is 0 Å². The van der Waals surface area contributed by atoms with Gasteiger partial charge < -0.3 is 19.7 Å². The lowest BCUT2D eigenvalue weighted by molar-refractivity contribution is -0.0141. The molecule has 0 aliphatic carbocycles. The van der Waals surface area contributed by atoms with Crippen LogP contribution in [0.15, 0.2) is 43.0 Å². The summed E-state index contributed by atoms with van der Waals surface area (Å²) in [6, 6.07) is 5.91. The van der Waals surface area contributed by atoms with E-state index < -0.39 is 5.60 Å². The number of likely N-dealkylation sites (tertiary alicyclic amines) is 1. The Morgan fingerprint density at radius 3 is 2.69 bits per heavy atom. The van der Waals surface area contributed by atoms with Crippen LogP contribution in [0.5, 0.6) is 5.75 Å². The molecule has 4 aromatic heterocycles. The van der Waals surface area contributed by atoms with E-state index in [0.29, 0.717) is 30.5 Å². The maximum absolute atomic E-state index is 12.4. The fraction of sp³-hybridized carbons (Fsp3) is 0.400. The number of carbonyl (C=O) groups is 1. The largest absolute Gasteiger partial charge is 0.487 e. The zero-order valence-electron chi connectivity index (χ0n) is 21.1. The molecular weight excluding hydrogens is 460 g/mol. The number of ether oxygens (including phenoxy) is 2. The highest BCUT2D eigenvalue weighted by Gasteiger charge is 2.36. The molecule has 0 bridgehead atoms. The maximum Gasteiger partial charge on any atom is 0.410 e. The van der Waals surface area contributed by atoms with Gasteiger partial charge in [0.25, 0.3) is 0 Å². The number of aromatic nitrogens is 6. The standard InChI is InChI=1S/C25H30N8O3/c1-16-12-27-22(14-26-16)29-21-11-19-10-17(6-9-33(19)30-21)23-20(13-28-31(23)5)35-15-18-7-8-32(18)24(34)36-25(2,3)4/h6,9-14,18H,7-8,15H2,1-5H3,(H,27,29,30)/t18-/m1/s1. The minimum absolute atomic E-state index is 0.0243. The van der Waals surface area contributed by atoms with Crippen molar-refractivity contribution in [1.82, 2.24) is 34.3 Å². The number of hydrogen-bond acceptors (Lipinski definition) is 8. The summed E-state index contributed by atoms with van der Waals surface area (Å²) in [5.41, 5.74) is 3.02. The quantitative estimate of drug-likeness (QED) is 0.432.